The SMILES string of the molecule is Clc1cscc1CN1CCN(c2ncccn2)CC1. The normalized spacial score (nSPS) is 16.8. The zero-order chi connectivity index (χ0) is 13.1. The van der Waals surface area contributed by atoms with E-state index in [1.54, 1.807) is 23.7 Å². The molecule has 100 valence electrons. The second-order valence-corrected chi connectivity index (χ2v) is 5.71. The van der Waals surface area contributed by atoms with E-state index in [2.05, 4.69) is 25.1 Å². The van der Waals surface area contributed by atoms with Crippen molar-refractivity contribution in [2.45, 2.75) is 6.54 Å². The van der Waals surface area contributed by atoms with E-state index in [0.29, 0.717) is 0 Å². The highest BCUT2D eigenvalue weighted by atomic mass is 35.5. The summed E-state index contributed by atoms with van der Waals surface area (Å²) in [6.07, 6.45) is 3.58. The molecule has 1 aliphatic rings. The van der Waals surface area contributed by atoms with E-state index in [9.17, 15) is 0 Å². The fourth-order valence-corrected chi connectivity index (χ4v) is 3.26. The molecule has 0 aromatic carbocycles. The van der Waals surface area contributed by atoms with Crippen LogP contribution in [0, 0.1) is 0 Å². The largest absolute Gasteiger partial charge is 0.338 e. The van der Waals surface area contributed by atoms with Crippen LogP contribution in [0.3, 0.4) is 0 Å². The lowest BCUT2D eigenvalue weighted by atomic mass is 10.2. The van der Waals surface area contributed by atoms with Crippen molar-refractivity contribution in [2.24, 2.45) is 0 Å². The van der Waals surface area contributed by atoms with Crippen LogP contribution in [-0.2, 0) is 6.54 Å². The minimum absolute atomic E-state index is 0.829. The Hall–Kier alpha value is -1.17. The van der Waals surface area contributed by atoms with Gasteiger partial charge in [-0.2, -0.15) is 11.3 Å². The second kappa shape index (κ2) is 5.86. The fraction of sp³-hybridized carbons (Fsp3) is 0.385. The predicted molar refractivity (Wildman–Crippen MR) is 78.9 cm³/mol. The van der Waals surface area contributed by atoms with Gasteiger partial charge in [-0.3, -0.25) is 4.90 Å². The third-order valence-electron chi connectivity index (χ3n) is 3.29. The number of hydrogen-bond acceptors (Lipinski definition) is 5. The number of rotatable bonds is 3. The smallest absolute Gasteiger partial charge is 0.225 e. The van der Waals surface area contributed by atoms with Gasteiger partial charge in [0.2, 0.25) is 5.95 Å². The number of piperazine rings is 1. The van der Waals surface area contributed by atoms with Crippen LogP contribution in [0.1, 0.15) is 5.56 Å². The van der Waals surface area contributed by atoms with Crippen LogP contribution in [0.4, 0.5) is 5.95 Å². The topological polar surface area (TPSA) is 32.3 Å². The van der Waals surface area contributed by atoms with Gasteiger partial charge in [-0.1, -0.05) is 11.6 Å². The van der Waals surface area contributed by atoms with Crippen LogP contribution in [0.25, 0.3) is 0 Å². The number of halogens is 1. The summed E-state index contributed by atoms with van der Waals surface area (Å²) in [7, 11) is 0. The van der Waals surface area contributed by atoms with Gasteiger partial charge in [-0.05, 0) is 17.0 Å². The maximum atomic E-state index is 6.14. The van der Waals surface area contributed by atoms with Gasteiger partial charge in [0.05, 0.1) is 5.02 Å². The first-order valence-electron chi connectivity index (χ1n) is 6.28. The number of nitrogens with zero attached hydrogens (tertiary/aromatic N) is 4. The van der Waals surface area contributed by atoms with E-state index in [1.807, 2.05) is 11.4 Å². The van der Waals surface area contributed by atoms with Gasteiger partial charge in [0.25, 0.3) is 0 Å². The molecule has 2 aromatic rings. The zero-order valence-corrected chi connectivity index (χ0v) is 12.1. The molecule has 1 aliphatic heterocycles. The molecule has 19 heavy (non-hydrogen) atoms. The van der Waals surface area contributed by atoms with Crippen LogP contribution in [0.15, 0.2) is 29.2 Å². The summed E-state index contributed by atoms with van der Waals surface area (Å²) >= 11 is 7.80. The third kappa shape index (κ3) is 3.05. The van der Waals surface area contributed by atoms with Crippen molar-refractivity contribution < 1.29 is 0 Å². The van der Waals surface area contributed by atoms with E-state index in [4.69, 9.17) is 11.6 Å². The van der Waals surface area contributed by atoms with Gasteiger partial charge in [0, 0.05) is 50.5 Å². The predicted octanol–water partition coefficient (Wildman–Crippen LogP) is 2.51. The summed E-state index contributed by atoms with van der Waals surface area (Å²) in [4.78, 5) is 13.2. The monoisotopic (exact) mass is 294 g/mol. The Morgan fingerprint density at radius 2 is 1.84 bits per heavy atom. The van der Waals surface area contributed by atoms with Crippen molar-refractivity contribution in [3.05, 3.63) is 39.8 Å². The van der Waals surface area contributed by atoms with Crippen molar-refractivity contribution in [3.63, 3.8) is 0 Å². The highest BCUT2D eigenvalue weighted by Crippen LogP contribution is 2.22. The van der Waals surface area contributed by atoms with Crippen molar-refractivity contribution in [3.8, 4) is 0 Å². The number of hydrogen-bond donors (Lipinski definition) is 0. The highest BCUT2D eigenvalue weighted by Gasteiger charge is 2.19. The maximum absolute atomic E-state index is 6.14. The summed E-state index contributed by atoms with van der Waals surface area (Å²) in [6.45, 7) is 4.90. The molecular weight excluding hydrogens is 280 g/mol. The molecule has 6 heteroatoms. The standard InChI is InChI=1S/C13H15ClN4S/c14-12-10-19-9-11(12)8-17-4-6-18(7-5-17)13-15-2-1-3-16-13/h1-3,9-10H,4-8H2. The molecule has 0 unspecified atom stereocenters. The number of anilines is 1. The first kappa shape index (κ1) is 12.8. The summed E-state index contributed by atoms with van der Waals surface area (Å²) in [6, 6.07) is 1.85. The molecule has 3 heterocycles. The van der Waals surface area contributed by atoms with Crippen LogP contribution in [-0.4, -0.2) is 41.0 Å². The van der Waals surface area contributed by atoms with Crippen molar-refractivity contribution in [1.82, 2.24) is 14.9 Å². The lowest BCUT2D eigenvalue weighted by Gasteiger charge is -2.34. The Morgan fingerprint density at radius 1 is 1.11 bits per heavy atom. The van der Waals surface area contributed by atoms with Crippen LogP contribution >= 0.6 is 22.9 Å². The van der Waals surface area contributed by atoms with Gasteiger partial charge < -0.3 is 4.90 Å². The molecule has 2 aromatic heterocycles. The molecule has 0 amide bonds. The molecule has 0 bridgehead atoms. The lowest BCUT2D eigenvalue weighted by Crippen LogP contribution is -2.46. The van der Waals surface area contributed by atoms with Crippen molar-refractivity contribution >= 4 is 28.9 Å². The third-order valence-corrected chi connectivity index (χ3v) is 4.56. The molecule has 1 fully saturated rings. The molecule has 4 nitrogen and oxygen atoms in total. The van der Waals surface area contributed by atoms with Gasteiger partial charge in [0.1, 0.15) is 0 Å². The molecule has 0 N–H and O–H groups in total. The van der Waals surface area contributed by atoms with Gasteiger partial charge in [0.15, 0.2) is 0 Å². The summed E-state index contributed by atoms with van der Waals surface area (Å²) in [5.41, 5.74) is 1.23. The molecular formula is C13H15ClN4S. The van der Waals surface area contributed by atoms with E-state index >= 15 is 0 Å². The van der Waals surface area contributed by atoms with Crippen molar-refractivity contribution in [2.75, 3.05) is 31.1 Å². The van der Waals surface area contributed by atoms with Crippen molar-refractivity contribution in [1.29, 1.82) is 0 Å². The molecule has 1 saturated heterocycles. The van der Waals surface area contributed by atoms with E-state index in [1.165, 1.54) is 5.56 Å². The Kier molecular flexibility index (Phi) is 3.96. The molecule has 3 rings (SSSR count). The summed E-state index contributed by atoms with van der Waals surface area (Å²) in [5, 5.41) is 5.01. The van der Waals surface area contributed by atoms with E-state index in [0.717, 1.165) is 43.7 Å². The Bertz CT molecular complexity index is 522. The van der Waals surface area contributed by atoms with E-state index in [-0.39, 0.29) is 0 Å². The summed E-state index contributed by atoms with van der Waals surface area (Å²) < 4.78 is 0. The molecule has 0 saturated carbocycles. The molecule has 0 spiro atoms. The Morgan fingerprint density at radius 3 is 2.47 bits per heavy atom. The van der Waals surface area contributed by atoms with E-state index < -0.39 is 0 Å². The minimum Gasteiger partial charge on any atom is -0.338 e. The van der Waals surface area contributed by atoms with Gasteiger partial charge in [-0.15, -0.1) is 0 Å². The highest BCUT2D eigenvalue weighted by molar-refractivity contribution is 7.08. The molecule has 0 atom stereocenters. The molecule has 0 aliphatic carbocycles. The average molecular weight is 295 g/mol. The second-order valence-electron chi connectivity index (χ2n) is 4.56. The first-order valence-corrected chi connectivity index (χ1v) is 7.60. The van der Waals surface area contributed by atoms with Gasteiger partial charge >= 0.3 is 0 Å². The quantitative estimate of drug-likeness (QED) is 0.871. The first-order chi connectivity index (χ1) is 9.33. The minimum atomic E-state index is 0.829. The Labute approximate surface area is 121 Å². The summed E-state index contributed by atoms with van der Waals surface area (Å²) in [5.74, 6) is 0.829. The maximum Gasteiger partial charge on any atom is 0.225 e. The van der Waals surface area contributed by atoms with Crippen LogP contribution in [0.2, 0.25) is 5.02 Å². The average Bonchev–Trinajstić information content (AvgIpc) is 2.86. The number of aromatic nitrogens is 2. The number of thiophene rings is 1. The zero-order valence-electron chi connectivity index (χ0n) is 10.5. The van der Waals surface area contributed by atoms with Gasteiger partial charge in [-0.25, -0.2) is 9.97 Å². The fourth-order valence-electron chi connectivity index (χ4n) is 2.22. The Balaban J connectivity index is 1.57. The van der Waals surface area contributed by atoms with Crippen LogP contribution < -0.4 is 4.90 Å². The molecule has 0 radical (unpaired) electrons. The van der Waals surface area contributed by atoms with Crippen LogP contribution in [0.5, 0.6) is 0 Å². The lowest BCUT2D eigenvalue weighted by molar-refractivity contribution is 0.249.